The van der Waals surface area contributed by atoms with Gasteiger partial charge in [0.2, 0.25) is 0 Å². The van der Waals surface area contributed by atoms with Gasteiger partial charge < -0.3 is 15.5 Å². The maximum atomic E-state index is 11.1. The number of rotatable bonds is 5. The third kappa shape index (κ3) is 3.03. The fourth-order valence-corrected chi connectivity index (χ4v) is 3.05. The molecule has 0 spiro atoms. The fraction of sp³-hybridized carbons (Fsp3) is 0.150. The van der Waals surface area contributed by atoms with Crippen LogP contribution in [0, 0.1) is 13.8 Å². The van der Waals surface area contributed by atoms with Crippen LogP contribution >= 0.6 is 0 Å². The second-order valence-electron chi connectivity index (χ2n) is 6.32. The smallest absolute Gasteiger partial charge is 0.255 e. The van der Waals surface area contributed by atoms with Crippen molar-refractivity contribution in [2.45, 2.75) is 13.8 Å². The molecule has 0 aliphatic carbocycles. The number of imidazole rings is 1. The molecule has 4 aromatic rings. The Morgan fingerprint density at radius 1 is 1.15 bits per heavy atom. The van der Waals surface area contributed by atoms with Gasteiger partial charge in [-0.2, -0.15) is 5.10 Å². The number of carbonyl (C=O) groups excluding carboxylic acids is 1. The summed E-state index contributed by atoms with van der Waals surface area (Å²) in [5.41, 5.74) is 10.5. The molecule has 4 rings (SSSR count). The quantitative estimate of drug-likeness (QED) is 0.571. The summed E-state index contributed by atoms with van der Waals surface area (Å²) < 4.78 is 7.37. The molecule has 0 saturated carbocycles. The predicted molar refractivity (Wildman–Crippen MR) is 103 cm³/mol. The monoisotopic (exact) mass is 361 g/mol. The summed E-state index contributed by atoms with van der Waals surface area (Å²) in [5.74, 6) is 0.661. The van der Waals surface area contributed by atoms with Gasteiger partial charge in [-0.15, -0.1) is 0 Å². The van der Waals surface area contributed by atoms with Crippen LogP contribution in [0.25, 0.3) is 28.2 Å². The summed E-state index contributed by atoms with van der Waals surface area (Å²) in [6.45, 7) is 3.79. The standard InChI is InChI=1S/C20H19N5O2/c1-12-7-3-5-9-15(12)25-20-18(13(2)24-25)22-19(23-20)14-8-4-6-10-16(14)27-11-17(21)26/h3-10H,11H2,1-2H3,(H2,21,26)(H,22,23). The lowest BCUT2D eigenvalue weighted by Gasteiger charge is -2.08. The van der Waals surface area contributed by atoms with E-state index in [1.165, 1.54) is 0 Å². The van der Waals surface area contributed by atoms with Crippen LogP contribution in [0.5, 0.6) is 5.75 Å². The number of aromatic nitrogens is 4. The molecule has 0 aliphatic rings. The van der Waals surface area contributed by atoms with Gasteiger partial charge in [-0.05, 0) is 37.6 Å². The molecule has 0 unspecified atom stereocenters. The van der Waals surface area contributed by atoms with E-state index in [4.69, 9.17) is 15.5 Å². The number of primary amides is 1. The lowest BCUT2D eigenvalue weighted by atomic mass is 10.2. The summed E-state index contributed by atoms with van der Waals surface area (Å²) in [6, 6.07) is 15.4. The molecule has 27 heavy (non-hydrogen) atoms. The second kappa shape index (κ2) is 6.60. The summed E-state index contributed by atoms with van der Waals surface area (Å²) in [6.07, 6.45) is 0. The average Bonchev–Trinajstić information content (AvgIpc) is 3.21. The number of H-pyrrole nitrogens is 1. The van der Waals surface area contributed by atoms with Gasteiger partial charge >= 0.3 is 0 Å². The van der Waals surface area contributed by atoms with Gasteiger partial charge in [0.25, 0.3) is 5.91 Å². The number of fused-ring (bicyclic) bond motifs is 1. The molecule has 0 fully saturated rings. The van der Waals surface area contributed by atoms with Crippen molar-refractivity contribution in [1.29, 1.82) is 0 Å². The number of hydrogen-bond donors (Lipinski definition) is 2. The molecule has 7 nitrogen and oxygen atoms in total. The number of nitrogens with zero attached hydrogens (tertiary/aromatic N) is 3. The Morgan fingerprint density at radius 3 is 2.67 bits per heavy atom. The van der Waals surface area contributed by atoms with Crippen molar-refractivity contribution in [1.82, 2.24) is 19.7 Å². The number of aromatic amines is 1. The topological polar surface area (TPSA) is 98.8 Å². The Hall–Kier alpha value is -3.61. The number of hydrogen-bond acceptors (Lipinski definition) is 4. The van der Waals surface area contributed by atoms with Crippen molar-refractivity contribution >= 4 is 17.1 Å². The van der Waals surface area contributed by atoms with E-state index in [2.05, 4.69) is 10.1 Å². The molecule has 2 aromatic heterocycles. The van der Waals surface area contributed by atoms with Crippen molar-refractivity contribution in [2.24, 2.45) is 5.73 Å². The van der Waals surface area contributed by atoms with Crippen molar-refractivity contribution in [3.05, 3.63) is 59.8 Å². The van der Waals surface area contributed by atoms with Gasteiger partial charge in [-0.25, -0.2) is 9.67 Å². The van der Waals surface area contributed by atoms with Crippen LogP contribution in [0.4, 0.5) is 0 Å². The predicted octanol–water partition coefficient (Wildman–Crippen LogP) is 2.90. The summed E-state index contributed by atoms with van der Waals surface area (Å²) in [4.78, 5) is 19.1. The summed E-state index contributed by atoms with van der Waals surface area (Å²) in [5, 5.41) is 4.63. The van der Waals surface area contributed by atoms with Crippen molar-refractivity contribution < 1.29 is 9.53 Å². The number of nitrogens with one attached hydrogen (secondary N) is 1. The first kappa shape index (κ1) is 16.8. The molecule has 136 valence electrons. The average molecular weight is 361 g/mol. The number of amides is 1. The van der Waals surface area contributed by atoms with Crippen LogP contribution in [0.3, 0.4) is 0 Å². The van der Waals surface area contributed by atoms with Crippen LogP contribution < -0.4 is 10.5 Å². The van der Waals surface area contributed by atoms with E-state index >= 15 is 0 Å². The van der Waals surface area contributed by atoms with E-state index in [0.29, 0.717) is 11.6 Å². The lowest BCUT2D eigenvalue weighted by Crippen LogP contribution is -2.20. The van der Waals surface area contributed by atoms with E-state index < -0.39 is 5.91 Å². The van der Waals surface area contributed by atoms with Crippen LogP contribution in [0.15, 0.2) is 48.5 Å². The minimum atomic E-state index is -0.527. The molecular formula is C20H19N5O2. The van der Waals surface area contributed by atoms with Crippen molar-refractivity contribution in [3.63, 3.8) is 0 Å². The minimum Gasteiger partial charge on any atom is -0.483 e. The molecule has 0 saturated heterocycles. The second-order valence-corrected chi connectivity index (χ2v) is 6.32. The van der Waals surface area contributed by atoms with Gasteiger partial charge in [-0.3, -0.25) is 4.79 Å². The normalized spacial score (nSPS) is 11.0. The van der Waals surface area contributed by atoms with Gasteiger partial charge in [-0.1, -0.05) is 30.3 Å². The molecule has 2 heterocycles. The van der Waals surface area contributed by atoms with E-state index in [1.807, 2.05) is 61.0 Å². The highest BCUT2D eigenvalue weighted by molar-refractivity contribution is 5.82. The van der Waals surface area contributed by atoms with E-state index in [-0.39, 0.29) is 6.61 Å². The lowest BCUT2D eigenvalue weighted by molar-refractivity contribution is -0.119. The Morgan fingerprint density at radius 2 is 1.89 bits per heavy atom. The van der Waals surface area contributed by atoms with Crippen molar-refractivity contribution in [2.75, 3.05) is 6.61 Å². The van der Waals surface area contributed by atoms with Crippen LogP contribution in [-0.2, 0) is 4.79 Å². The van der Waals surface area contributed by atoms with Gasteiger partial charge in [0.1, 0.15) is 17.1 Å². The molecule has 0 radical (unpaired) electrons. The zero-order valence-electron chi connectivity index (χ0n) is 15.1. The van der Waals surface area contributed by atoms with Gasteiger partial charge in [0.05, 0.1) is 16.9 Å². The molecule has 7 heteroatoms. The zero-order chi connectivity index (χ0) is 19.0. The molecular weight excluding hydrogens is 342 g/mol. The first-order valence-corrected chi connectivity index (χ1v) is 8.56. The number of ether oxygens (including phenoxy) is 1. The molecule has 3 N–H and O–H groups in total. The Balaban J connectivity index is 1.83. The first-order valence-electron chi connectivity index (χ1n) is 8.56. The number of carbonyl (C=O) groups is 1. The molecule has 0 aliphatic heterocycles. The first-order chi connectivity index (χ1) is 13.0. The van der Waals surface area contributed by atoms with Crippen LogP contribution in [-0.4, -0.2) is 32.3 Å². The number of para-hydroxylation sites is 2. The fourth-order valence-electron chi connectivity index (χ4n) is 3.05. The molecule has 1 amide bonds. The van der Waals surface area contributed by atoms with Gasteiger partial charge in [0, 0.05) is 0 Å². The largest absolute Gasteiger partial charge is 0.483 e. The SMILES string of the molecule is Cc1ccccc1-n1nc(C)c2[nH]c(-c3ccccc3OCC(N)=O)nc21. The summed E-state index contributed by atoms with van der Waals surface area (Å²) >= 11 is 0. The Bertz CT molecular complexity index is 1140. The Labute approximate surface area is 155 Å². The third-order valence-electron chi connectivity index (χ3n) is 4.35. The highest BCUT2D eigenvalue weighted by atomic mass is 16.5. The molecule has 0 bridgehead atoms. The highest BCUT2D eigenvalue weighted by Gasteiger charge is 2.18. The number of nitrogens with two attached hydrogens (primary N) is 1. The van der Waals surface area contributed by atoms with Crippen molar-refractivity contribution in [3.8, 4) is 22.8 Å². The number of aryl methyl sites for hydroxylation is 2. The van der Waals surface area contributed by atoms with Crippen LogP contribution in [0.2, 0.25) is 0 Å². The third-order valence-corrected chi connectivity index (χ3v) is 4.35. The maximum Gasteiger partial charge on any atom is 0.255 e. The minimum absolute atomic E-state index is 0.187. The number of benzene rings is 2. The molecule has 2 aromatic carbocycles. The van der Waals surface area contributed by atoms with E-state index in [9.17, 15) is 4.79 Å². The van der Waals surface area contributed by atoms with Gasteiger partial charge in [0.15, 0.2) is 12.3 Å². The van der Waals surface area contributed by atoms with Crippen LogP contribution in [0.1, 0.15) is 11.3 Å². The Kier molecular flexibility index (Phi) is 4.12. The van der Waals surface area contributed by atoms with E-state index in [1.54, 1.807) is 6.07 Å². The highest BCUT2D eigenvalue weighted by Crippen LogP contribution is 2.31. The van der Waals surface area contributed by atoms with E-state index in [0.717, 1.165) is 33.7 Å². The summed E-state index contributed by atoms with van der Waals surface area (Å²) in [7, 11) is 0. The molecule has 0 atom stereocenters. The maximum absolute atomic E-state index is 11.1. The zero-order valence-corrected chi connectivity index (χ0v) is 15.1.